The van der Waals surface area contributed by atoms with Crippen LogP contribution in [0.1, 0.15) is 16.8 Å². The molecule has 206 valence electrons. The Kier molecular flexibility index (Phi) is 7.62. The molecule has 0 aliphatic rings. The van der Waals surface area contributed by atoms with Crippen LogP contribution in [0.25, 0.3) is 44.2 Å². The van der Waals surface area contributed by atoms with Crippen molar-refractivity contribution in [2.45, 2.75) is 13.8 Å². The summed E-state index contributed by atoms with van der Waals surface area (Å²) in [7, 11) is 0. The first-order chi connectivity index (χ1) is 20.4. The average molecular weight is 571 g/mol. The molecular formula is C35H27ClN4O2. The number of amides is 1. The number of aryl methyl sites for hydroxylation is 2. The van der Waals surface area contributed by atoms with Crippen molar-refractivity contribution in [3.8, 4) is 28.1 Å². The van der Waals surface area contributed by atoms with E-state index in [1.54, 1.807) is 6.07 Å². The highest BCUT2D eigenvalue weighted by Gasteiger charge is 2.11. The van der Waals surface area contributed by atoms with Gasteiger partial charge in [-0.1, -0.05) is 59.6 Å². The van der Waals surface area contributed by atoms with E-state index < -0.39 is 0 Å². The van der Waals surface area contributed by atoms with Crippen LogP contribution in [0.2, 0.25) is 5.02 Å². The molecule has 0 aliphatic carbocycles. The van der Waals surface area contributed by atoms with Gasteiger partial charge in [0.1, 0.15) is 5.75 Å². The number of hydrogen-bond donors (Lipinski definition) is 1. The van der Waals surface area contributed by atoms with Crippen LogP contribution in [-0.4, -0.2) is 28.7 Å². The van der Waals surface area contributed by atoms with Crippen molar-refractivity contribution in [3.63, 3.8) is 0 Å². The standard InChI is InChI=1S/C35H27ClN4O2/c1-22-8-15-32-30(16-22)29(24-6-4-3-5-7-24)18-33(39-32)25-11-13-28(14-12-25)42-21-35(41)40-37-20-27-17-26-10-9-23(2)38-34(26)19-31(27)36/h3-20H,21H2,1-2H3,(H,40,41)/b37-20-. The fraction of sp³-hybridized carbons (Fsp3) is 0.0857. The number of carbonyl (C=O) groups is 1. The number of halogens is 1. The quantitative estimate of drug-likeness (QED) is 0.156. The van der Waals surface area contributed by atoms with Gasteiger partial charge in [-0.25, -0.2) is 10.4 Å². The van der Waals surface area contributed by atoms with Gasteiger partial charge < -0.3 is 4.74 Å². The van der Waals surface area contributed by atoms with Crippen LogP contribution >= 0.6 is 11.6 Å². The van der Waals surface area contributed by atoms with Crippen molar-refractivity contribution in [1.82, 2.24) is 15.4 Å². The van der Waals surface area contributed by atoms with Crippen LogP contribution in [0, 0.1) is 13.8 Å². The Morgan fingerprint density at radius 2 is 1.67 bits per heavy atom. The van der Waals surface area contributed by atoms with Crippen LogP contribution in [0.4, 0.5) is 0 Å². The molecule has 2 heterocycles. The number of aromatic nitrogens is 2. The Bertz CT molecular complexity index is 1960. The van der Waals surface area contributed by atoms with E-state index in [1.165, 1.54) is 11.8 Å². The molecule has 7 heteroatoms. The average Bonchev–Trinajstić information content (AvgIpc) is 3.00. The first-order valence-corrected chi connectivity index (χ1v) is 13.9. The third kappa shape index (κ3) is 5.99. The van der Waals surface area contributed by atoms with Crippen molar-refractivity contribution >= 4 is 45.5 Å². The summed E-state index contributed by atoms with van der Waals surface area (Å²) in [5.41, 5.74) is 11.1. The molecule has 6 rings (SSSR count). The van der Waals surface area contributed by atoms with E-state index in [1.807, 2.05) is 67.6 Å². The van der Waals surface area contributed by atoms with Crippen LogP contribution in [0.15, 0.2) is 108 Å². The highest BCUT2D eigenvalue weighted by molar-refractivity contribution is 6.33. The van der Waals surface area contributed by atoms with Gasteiger partial charge in [-0.2, -0.15) is 5.10 Å². The summed E-state index contributed by atoms with van der Waals surface area (Å²) in [6, 6.07) is 33.9. The van der Waals surface area contributed by atoms with E-state index in [2.05, 4.69) is 58.8 Å². The molecule has 2 aromatic heterocycles. The van der Waals surface area contributed by atoms with Crippen molar-refractivity contribution in [1.29, 1.82) is 0 Å². The highest BCUT2D eigenvalue weighted by Crippen LogP contribution is 2.33. The molecule has 0 spiro atoms. The zero-order chi connectivity index (χ0) is 29.1. The van der Waals surface area contributed by atoms with Crippen molar-refractivity contribution < 1.29 is 9.53 Å². The van der Waals surface area contributed by atoms with Crippen LogP contribution < -0.4 is 10.2 Å². The highest BCUT2D eigenvalue weighted by atomic mass is 35.5. The molecule has 6 aromatic rings. The number of nitrogens with one attached hydrogen (secondary N) is 1. The second kappa shape index (κ2) is 11.8. The minimum atomic E-state index is -0.386. The second-order valence-electron chi connectivity index (χ2n) is 10.1. The van der Waals surface area contributed by atoms with E-state index in [-0.39, 0.29) is 12.5 Å². The van der Waals surface area contributed by atoms with Gasteiger partial charge in [-0.3, -0.25) is 9.78 Å². The maximum Gasteiger partial charge on any atom is 0.277 e. The fourth-order valence-electron chi connectivity index (χ4n) is 4.78. The predicted molar refractivity (Wildman–Crippen MR) is 170 cm³/mol. The summed E-state index contributed by atoms with van der Waals surface area (Å²) in [4.78, 5) is 21.8. The molecule has 0 saturated carbocycles. The number of hydrogen-bond acceptors (Lipinski definition) is 5. The number of fused-ring (bicyclic) bond motifs is 2. The largest absolute Gasteiger partial charge is 0.484 e. The monoisotopic (exact) mass is 570 g/mol. The van der Waals surface area contributed by atoms with Gasteiger partial charge in [0.25, 0.3) is 5.91 Å². The van der Waals surface area contributed by atoms with Crippen LogP contribution in [0.3, 0.4) is 0 Å². The molecule has 0 bridgehead atoms. The lowest BCUT2D eigenvalue weighted by atomic mass is 9.97. The lowest BCUT2D eigenvalue weighted by Crippen LogP contribution is -2.24. The summed E-state index contributed by atoms with van der Waals surface area (Å²) in [6.07, 6.45) is 1.51. The predicted octanol–water partition coefficient (Wildman–Crippen LogP) is 7.92. The molecule has 1 amide bonds. The summed E-state index contributed by atoms with van der Waals surface area (Å²) in [5, 5.41) is 6.60. The molecule has 6 nitrogen and oxygen atoms in total. The third-order valence-corrected chi connectivity index (χ3v) is 7.24. The maximum atomic E-state index is 12.3. The van der Waals surface area contributed by atoms with E-state index >= 15 is 0 Å². The zero-order valence-corrected chi connectivity index (χ0v) is 23.9. The fourth-order valence-corrected chi connectivity index (χ4v) is 4.99. The van der Waals surface area contributed by atoms with Gasteiger partial charge in [0.05, 0.1) is 28.0 Å². The van der Waals surface area contributed by atoms with Crippen LogP contribution in [-0.2, 0) is 4.79 Å². The lowest BCUT2D eigenvalue weighted by molar-refractivity contribution is -0.123. The second-order valence-corrected chi connectivity index (χ2v) is 10.5. The summed E-state index contributed by atoms with van der Waals surface area (Å²) in [6.45, 7) is 3.84. The summed E-state index contributed by atoms with van der Waals surface area (Å²) in [5.74, 6) is 0.182. The Morgan fingerprint density at radius 3 is 2.48 bits per heavy atom. The van der Waals surface area contributed by atoms with Gasteiger partial charge in [0.15, 0.2) is 6.61 Å². The molecular weight excluding hydrogens is 544 g/mol. The number of pyridine rings is 2. The molecule has 0 fully saturated rings. The first-order valence-electron chi connectivity index (χ1n) is 13.5. The van der Waals surface area contributed by atoms with Crippen LogP contribution in [0.5, 0.6) is 5.75 Å². The number of rotatable bonds is 7. The molecule has 42 heavy (non-hydrogen) atoms. The summed E-state index contributed by atoms with van der Waals surface area (Å²) < 4.78 is 5.69. The normalized spacial score (nSPS) is 11.3. The SMILES string of the molecule is Cc1ccc2nc(-c3ccc(OCC(=O)N/N=C\c4cc5ccc(C)nc5cc4Cl)cc3)cc(-c3ccccc3)c2c1. The third-order valence-electron chi connectivity index (χ3n) is 6.91. The van der Waals surface area contributed by atoms with Gasteiger partial charge in [0, 0.05) is 27.6 Å². The minimum Gasteiger partial charge on any atom is -0.484 e. The number of benzene rings is 4. The Morgan fingerprint density at radius 1 is 0.857 bits per heavy atom. The van der Waals surface area contributed by atoms with E-state index in [4.69, 9.17) is 21.3 Å². The van der Waals surface area contributed by atoms with Crippen molar-refractivity contribution in [3.05, 3.63) is 125 Å². The number of nitrogens with zero attached hydrogens (tertiary/aromatic N) is 3. The maximum absolute atomic E-state index is 12.3. The Balaban J connectivity index is 1.12. The molecule has 0 radical (unpaired) electrons. The number of hydrazone groups is 1. The first kappa shape index (κ1) is 27.1. The number of carbonyl (C=O) groups excluding carboxylic acids is 1. The smallest absolute Gasteiger partial charge is 0.277 e. The number of ether oxygens (including phenoxy) is 1. The molecule has 0 aliphatic heterocycles. The molecule has 1 N–H and O–H groups in total. The van der Waals surface area contributed by atoms with Gasteiger partial charge >= 0.3 is 0 Å². The summed E-state index contributed by atoms with van der Waals surface area (Å²) >= 11 is 6.37. The van der Waals surface area contributed by atoms with Gasteiger partial charge in [0.2, 0.25) is 0 Å². The molecule has 0 unspecified atom stereocenters. The topological polar surface area (TPSA) is 76.5 Å². The van der Waals surface area contributed by atoms with Gasteiger partial charge in [-0.15, -0.1) is 0 Å². The Hall–Kier alpha value is -5.07. The lowest BCUT2D eigenvalue weighted by Gasteiger charge is -2.12. The molecule has 0 saturated heterocycles. The Labute approximate surface area is 248 Å². The molecule has 0 atom stereocenters. The zero-order valence-electron chi connectivity index (χ0n) is 23.1. The van der Waals surface area contributed by atoms with E-state index in [0.29, 0.717) is 16.3 Å². The van der Waals surface area contributed by atoms with Crippen molar-refractivity contribution in [2.75, 3.05) is 6.61 Å². The van der Waals surface area contributed by atoms with E-state index in [9.17, 15) is 4.79 Å². The van der Waals surface area contributed by atoms with E-state index in [0.717, 1.165) is 49.9 Å². The molecule has 4 aromatic carbocycles. The van der Waals surface area contributed by atoms with Gasteiger partial charge in [-0.05, 0) is 85.6 Å². The van der Waals surface area contributed by atoms with Crippen molar-refractivity contribution in [2.24, 2.45) is 5.10 Å². The minimum absolute atomic E-state index is 0.183.